The van der Waals surface area contributed by atoms with Crippen LogP contribution in [0.3, 0.4) is 0 Å². The lowest BCUT2D eigenvalue weighted by atomic mass is 10.1. The lowest BCUT2D eigenvalue weighted by Gasteiger charge is -2.10. The van der Waals surface area contributed by atoms with E-state index in [0.717, 1.165) is 16.7 Å². The average Bonchev–Trinajstić information content (AvgIpc) is 3.22. The number of nitrogens with zero attached hydrogens (tertiary/aromatic N) is 2. The van der Waals surface area contributed by atoms with Crippen LogP contribution < -0.4 is 0 Å². The number of carbonyl (C=O) groups is 2. The third kappa shape index (κ3) is 5.52. The van der Waals surface area contributed by atoms with Crippen molar-refractivity contribution in [1.29, 1.82) is 0 Å². The fourth-order valence-corrected chi connectivity index (χ4v) is 3.54. The first-order chi connectivity index (χ1) is 15.0. The number of methoxy groups -OCH3 is 2. The summed E-state index contributed by atoms with van der Waals surface area (Å²) < 4.78 is 11.3. The zero-order chi connectivity index (χ0) is 22.2. The van der Waals surface area contributed by atoms with Crippen LogP contribution in [0.2, 0.25) is 0 Å². The monoisotopic (exact) mass is 434 g/mol. The Morgan fingerprint density at radius 2 is 1.68 bits per heavy atom. The smallest absolute Gasteiger partial charge is 0.340 e. The Kier molecular flexibility index (Phi) is 7.45. The third-order valence-corrected chi connectivity index (χ3v) is 5.21. The van der Waals surface area contributed by atoms with Gasteiger partial charge >= 0.3 is 11.9 Å². The van der Waals surface area contributed by atoms with Gasteiger partial charge < -0.3 is 9.47 Å². The Balaban J connectivity index is 2.11. The largest absolute Gasteiger partial charge is 0.466 e. The standard InChI is InChI=1S/C24H22N2O4S/c1-17-9-11-19(12-10-17)23(31-16-14-21(27)29-2)25-26-15-13-20(24(28)30-3)22(26)18-7-5-4-6-8-18/h4-16H,1-3H3/b16-14-,25-23-. The van der Waals surface area contributed by atoms with E-state index in [-0.39, 0.29) is 0 Å². The molecule has 1 heterocycles. The van der Waals surface area contributed by atoms with E-state index < -0.39 is 11.9 Å². The van der Waals surface area contributed by atoms with Crippen LogP contribution in [0, 0.1) is 6.92 Å². The number of hydrogen-bond acceptors (Lipinski definition) is 6. The number of benzene rings is 2. The van der Waals surface area contributed by atoms with Crippen LogP contribution in [0.15, 0.2) is 83.4 Å². The Morgan fingerprint density at radius 1 is 0.968 bits per heavy atom. The van der Waals surface area contributed by atoms with Gasteiger partial charge in [-0.3, -0.25) is 0 Å². The highest BCUT2D eigenvalue weighted by Gasteiger charge is 2.19. The van der Waals surface area contributed by atoms with E-state index in [4.69, 9.17) is 9.84 Å². The maximum Gasteiger partial charge on any atom is 0.340 e. The molecule has 1 aromatic heterocycles. The molecule has 158 valence electrons. The van der Waals surface area contributed by atoms with Crippen LogP contribution in [-0.2, 0) is 14.3 Å². The van der Waals surface area contributed by atoms with Crippen molar-refractivity contribution in [2.45, 2.75) is 6.92 Å². The van der Waals surface area contributed by atoms with Crippen LogP contribution in [0.4, 0.5) is 0 Å². The third-order valence-electron chi connectivity index (χ3n) is 4.40. The van der Waals surface area contributed by atoms with Crippen molar-refractivity contribution in [2.75, 3.05) is 14.2 Å². The highest BCUT2D eigenvalue weighted by molar-refractivity contribution is 8.16. The van der Waals surface area contributed by atoms with E-state index in [1.165, 1.54) is 32.1 Å². The molecule has 0 atom stereocenters. The quantitative estimate of drug-likeness (QED) is 0.239. The van der Waals surface area contributed by atoms with Gasteiger partial charge in [0.05, 0.1) is 25.5 Å². The number of rotatable bonds is 6. The van der Waals surface area contributed by atoms with E-state index in [1.54, 1.807) is 22.3 Å². The molecule has 0 bridgehead atoms. The van der Waals surface area contributed by atoms with Gasteiger partial charge in [0, 0.05) is 23.4 Å². The molecular formula is C24H22N2O4S. The summed E-state index contributed by atoms with van der Waals surface area (Å²) >= 11 is 1.28. The second kappa shape index (κ2) is 10.4. The molecule has 3 aromatic rings. The molecule has 2 aromatic carbocycles. The molecule has 0 fully saturated rings. The van der Waals surface area contributed by atoms with Gasteiger partial charge in [-0.1, -0.05) is 71.9 Å². The van der Waals surface area contributed by atoms with Crippen molar-refractivity contribution in [1.82, 2.24) is 4.68 Å². The Labute approximate surface area is 185 Å². The van der Waals surface area contributed by atoms with Gasteiger partial charge in [0.1, 0.15) is 5.04 Å². The van der Waals surface area contributed by atoms with Crippen molar-refractivity contribution < 1.29 is 19.1 Å². The molecule has 0 saturated heterocycles. The topological polar surface area (TPSA) is 69.9 Å². The minimum absolute atomic E-state index is 0.413. The highest BCUT2D eigenvalue weighted by Crippen LogP contribution is 2.27. The summed E-state index contributed by atoms with van der Waals surface area (Å²) in [5, 5.41) is 7.05. The molecule has 0 aliphatic heterocycles. The maximum atomic E-state index is 12.3. The molecule has 0 aliphatic carbocycles. The molecule has 0 spiro atoms. The number of esters is 2. The Hall–Kier alpha value is -3.58. The van der Waals surface area contributed by atoms with Crippen LogP contribution in [0.5, 0.6) is 0 Å². The SMILES string of the molecule is COC(=O)/C=C\S/C(=N\n1ccc(C(=O)OC)c1-c1ccccc1)c1ccc(C)cc1. The number of carbonyl (C=O) groups excluding carboxylic acids is 2. The first-order valence-electron chi connectivity index (χ1n) is 9.45. The summed E-state index contributed by atoms with van der Waals surface area (Å²) in [6.45, 7) is 2.01. The van der Waals surface area contributed by atoms with Crippen molar-refractivity contribution >= 4 is 28.7 Å². The number of aryl methyl sites for hydroxylation is 1. The van der Waals surface area contributed by atoms with E-state index in [1.807, 2.05) is 61.5 Å². The molecular weight excluding hydrogens is 412 g/mol. The molecule has 6 nitrogen and oxygen atoms in total. The van der Waals surface area contributed by atoms with Crippen LogP contribution in [-0.4, -0.2) is 35.9 Å². The number of thioether (sulfide) groups is 1. The molecule has 7 heteroatoms. The van der Waals surface area contributed by atoms with Crippen LogP contribution in [0.1, 0.15) is 21.5 Å². The van der Waals surface area contributed by atoms with Gasteiger partial charge in [-0.2, -0.15) is 5.10 Å². The van der Waals surface area contributed by atoms with Gasteiger partial charge in [0.2, 0.25) is 0 Å². The molecule has 0 amide bonds. The van der Waals surface area contributed by atoms with Gasteiger partial charge in [-0.05, 0) is 18.4 Å². The molecule has 3 rings (SSSR count). The van der Waals surface area contributed by atoms with E-state index in [0.29, 0.717) is 16.3 Å². The average molecular weight is 435 g/mol. The molecule has 31 heavy (non-hydrogen) atoms. The van der Waals surface area contributed by atoms with Crippen molar-refractivity contribution in [3.05, 3.63) is 95.0 Å². The highest BCUT2D eigenvalue weighted by atomic mass is 32.2. The summed E-state index contributed by atoms with van der Waals surface area (Å²) in [6.07, 6.45) is 3.05. The summed E-state index contributed by atoms with van der Waals surface area (Å²) in [7, 11) is 2.68. The summed E-state index contributed by atoms with van der Waals surface area (Å²) in [5.74, 6) is -0.891. The molecule has 0 radical (unpaired) electrons. The normalized spacial score (nSPS) is 11.5. The lowest BCUT2D eigenvalue weighted by molar-refractivity contribution is -0.134. The van der Waals surface area contributed by atoms with Crippen LogP contribution in [0.25, 0.3) is 11.3 Å². The van der Waals surface area contributed by atoms with Gasteiger partial charge in [-0.25, -0.2) is 14.3 Å². The predicted octanol–water partition coefficient (Wildman–Crippen LogP) is 4.88. The summed E-state index contributed by atoms with van der Waals surface area (Å²) in [4.78, 5) is 23.8. The van der Waals surface area contributed by atoms with Crippen molar-refractivity contribution in [2.24, 2.45) is 5.10 Å². The minimum atomic E-state index is -0.449. The number of ether oxygens (including phenoxy) is 2. The Bertz CT molecular complexity index is 1120. The molecule has 0 unspecified atom stereocenters. The second-order valence-electron chi connectivity index (χ2n) is 6.50. The van der Waals surface area contributed by atoms with E-state index in [9.17, 15) is 9.59 Å². The first kappa shape index (κ1) is 22.1. The summed E-state index contributed by atoms with van der Waals surface area (Å²) in [5.41, 5.74) is 3.86. The van der Waals surface area contributed by atoms with E-state index in [2.05, 4.69) is 4.74 Å². The van der Waals surface area contributed by atoms with Gasteiger partial charge in [-0.15, -0.1) is 0 Å². The van der Waals surface area contributed by atoms with Gasteiger partial charge in [0.15, 0.2) is 0 Å². The molecule has 0 saturated carbocycles. The number of aromatic nitrogens is 1. The van der Waals surface area contributed by atoms with Crippen LogP contribution >= 0.6 is 11.8 Å². The fourth-order valence-electron chi connectivity index (χ4n) is 2.83. The fraction of sp³-hybridized carbons (Fsp3) is 0.125. The molecule has 0 N–H and O–H groups in total. The predicted molar refractivity (Wildman–Crippen MR) is 123 cm³/mol. The molecule has 0 aliphatic rings. The zero-order valence-electron chi connectivity index (χ0n) is 17.4. The maximum absolute atomic E-state index is 12.3. The minimum Gasteiger partial charge on any atom is -0.466 e. The van der Waals surface area contributed by atoms with Gasteiger partial charge in [0.25, 0.3) is 0 Å². The summed E-state index contributed by atoms with van der Waals surface area (Å²) in [6, 6.07) is 19.1. The van der Waals surface area contributed by atoms with Crippen molar-refractivity contribution in [3.63, 3.8) is 0 Å². The van der Waals surface area contributed by atoms with Crippen molar-refractivity contribution in [3.8, 4) is 11.3 Å². The number of hydrogen-bond donors (Lipinski definition) is 0. The second-order valence-corrected chi connectivity index (χ2v) is 7.39. The Morgan fingerprint density at radius 3 is 2.32 bits per heavy atom. The first-order valence-corrected chi connectivity index (χ1v) is 10.3. The lowest BCUT2D eigenvalue weighted by Crippen LogP contribution is -2.05. The zero-order valence-corrected chi connectivity index (χ0v) is 18.3. The van der Waals surface area contributed by atoms with E-state index >= 15 is 0 Å².